The Labute approximate surface area is 113 Å². The zero-order chi connectivity index (χ0) is 12.5. The van der Waals surface area contributed by atoms with Crippen molar-refractivity contribution in [3.63, 3.8) is 0 Å². The highest BCUT2D eigenvalue weighted by molar-refractivity contribution is 9.10. The minimum absolute atomic E-state index is 0.421. The van der Waals surface area contributed by atoms with Crippen molar-refractivity contribution in [2.75, 3.05) is 0 Å². The Kier molecular flexibility index (Phi) is 3.94. The molecule has 1 aliphatic rings. The van der Waals surface area contributed by atoms with Crippen LogP contribution in [0.5, 0.6) is 0 Å². The van der Waals surface area contributed by atoms with Gasteiger partial charge in [-0.25, -0.2) is 0 Å². The van der Waals surface area contributed by atoms with Gasteiger partial charge in [0.1, 0.15) is 0 Å². The van der Waals surface area contributed by atoms with Crippen molar-refractivity contribution in [2.45, 2.75) is 52.1 Å². The second kappa shape index (κ2) is 5.11. The Morgan fingerprint density at radius 3 is 2.65 bits per heavy atom. The van der Waals surface area contributed by atoms with Gasteiger partial charge >= 0.3 is 0 Å². The molecule has 0 heterocycles. The van der Waals surface area contributed by atoms with E-state index in [0.29, 0.717) is 17.5 Å². The third kappa shape index (κ3) is 3.32. The van der Waals surface area contributed by atoms with Gasteiger partial charge in [0, 0.05) is 16.6 Å². The third-order valence-electron chi connectivity index (χ3n) is 3.83. The molecule has 0 aromatic heterocycles. The maximum Gasteiger partial charge on any atom is 0.0305 e. The lowest BCUT2D eigenvalue weighted by Gasteiger charge is -2.22. The first kappa shape index (κ1) is 13.1. The highest BCUT2D eigenvalue weighted by Crippen LogP contribution is 2.38. The summed E-state index contributed by atoms with van der Waals surface area (Å²) in [6.07, 6.45) is 3.94. The van der Waals surface area contributed by atoms with Crippen LogP contribution < -0.4 is 5.32 Å². The molecule has 0 bridgehead atoms. The van der Waals surface area contributed by atoms with Crippen LogP contribution in [0.3, 0.4) is 0 Å². The molecule has 2 atom stereocenters. The maximum absolute atomic E-state index is 3.76. The molecule has 0 saturated heterocycles. The van der Waals surface area contributed by atoms with Crippen LogP contribution in [0.25, 0.3) is 0 Å². The largest absolute Gasteiger partial charge is 0.307 e. The normalized spacial score (nSPS) is 24.8. The van der Waals surface area contributed by atoms with Gasteiger partial charge < -0.3 is 5.32 Å². The van der Waals surface area contributed by atoms with Crippen LogP contribution in [0.15, 0.2) is 28.7 Å². The molecule has 1 aromatic rings. The fourth-order valence-electron chi connectivity index (χ4n) is 2.85. The van der Waals surface area contributed by atoms with Gasteiger partial charge in [-0.2, -0.15) is 0 Å². The van der Waals surface area contributed by atoms with Crippen LogP contribution in [0.4, 0.5) is 0 Å². The van der Waals surface area contributed by atoms with Crippen LogP contribution in [0, 0.1) is 5.41 Å². The van der Waals surface area contributed by atoms with Crippen molar-refractivity contribution in [1.82, 2.24) is 5.32 Å². The van der Waals surface area contributed by atoms with Gasteiger partial charge in [-0.3, -0.25) is 0 Å². The predicted molar refractivity (Wildman–Crippen MR) is 77.1 cm³/mol. The zero-order valence-corrected chi connectivity index (χ0v) is 12.5. The molecule has 1 saturated carbocycles. The van der Waals surface area contributed by atoms with Gasteiger partial charge in [0.15, 0.2) is 0 Å². The summed E-state index contributed by atoms with van der Waals surface area (Å²) in [5.41, 5.74) is 1.88. The Hall–Kier alpha value is -0.340. The minimum Gasteiger partial charge on any atom is -0.307 e. The first-order chi connectivity index (χ1) is 7.98. The fourth-order valence-corrected chi connectivity index (χ4v) is 3.48. The van der Waals surface area contributed by atoms with E-state index in [1.165, 1.54) is 29.3 Å². The van der Waals surface area contributed by atoms with Crippen LogP contribution in [0.1, 0.15) is 51.6 Å². The SMILES string of the molecule is CC(NC1CCC(C)(C)C1)c1ccccc1Br. The summed E-state index contributed by atoms with van der Waals surface area (Å²) >= 11 is 3.63. The monoisotopic (exact) mass is 295 g/mol. The van der Waals surface area contributed by atoms with Crippen molar-refractivity contribution in [3.8, 4) is 0 Å². The molecule has 17 heavy (non-hydrogen) atoms. The van der Waals surface area contributed by atoms with Gasteiger partial charge in [0.25, 0.3) is 0 Å². The standard InChI is InChI=1S/C15H22BrN/c1-11(13-6-4-5-7-14(13)16)17-12-8-9-15(2,3)10-12/h4-7,11-12,17H,8-10H2,1-3H3. The van der Waals surface area contributed by atoms with E-state index in [0.717, 1.165) is 0 Å². The molecule has 1 nitrogen and oxygen atoms in total. The minimum atomic E-state index is 0.421. The first-order valence-corrected chi connectivity index (χ1v) is 7.28. The number of rotatable bonds is 3. The summed E-state index contributed by atoms with van der Waals surface area (Å²) in [6, 6.07) is 9.58. The van der Waals surface area contributed by atoms with Gasteiger partial charge in [0.2, 0.25) is 0 Å². The van der Waals surface area contributed by atoms with Crippen LogP contribution >= 0.6 is 15.9 Å². The fraction of sp³-hybridized carbons (Fsp3) is 0.600. The predicted octanol–water partition coefficient (Wildman–Crippen LogP) is 4.68. The van der Waals surface area contributed by atoms with E-state index in [2.05, 4.69) is 66.3 Å². The number of nitrogens with one attached hydrogen (secondary N) is 1. The molecule has 0 radical (unpaired) electrons. The third-order valence-corrected chi connectivity index (χ3v) is 4.55. The Morgan fingerprint density at radius 2 is 2.06 bits per heavy atom. The average molecular weight is 296 g/mol. The smallest absolute Gasteiger partial charge is 0.0305 e. The summed E-state index contributed by atoms with van der Waals surface area (Å²) in [5, 5.41) is 3.76. The molecule has 0 amide bonds. The summed E-state index contributed by atoms with van der Waals surface area (Å²) in [5.74, 6) is 0. The second-order valence-corrected chi connectivity index (χ2v) is 6.87. The summed E-state index contributed by atoms with van der Waals surface area (Å²) < 4.78 is 1.21. The Balaban J connectivity index is 1.99. The molecule has 2 rings (SSSR count). The lowest BCUT2D eigenvalue weighted by molar-refractivity contribution is 0.356. The average Bonchev–Trinajstić information content (AvgIpc) is 2.58. The second-order valence-electron chi connectivity index (χ2n) is 6.01. The number of hydrogen-bond donors (Lipinski definition) is 1. The molecular formula is C15H22BrN. The molecule has 1 aromatic carbocycles. The van der Waals surface area contributed by atoms with Gasteiger partial charge in [-0.1, -0.05) is 48.0 Å². The Morgan fingerprint density at radius 1 is 1.35 bits per heavy atom. The lowest BCUT2D eigenvalue weighted by atomic mass is 9.91. The number of hydrogen-bond acceptors (Lipinski definition) is 1. The highest BCUT2D eigenvalue weighted by atomic mass is 79.9. The summed E-state index contributed by atoms with van der Waals surface area (Å²) in [6.45, 7) is 7.00. The summed E-state index contributed by atoms with van der Waals surface area (Å²) in [7, 11) is 0. The van der Waals surface area contributed by atoms with E-state index in [1.807, 2.05) is 0 Å². The van der Waals surface area contributed by atoms with Crippen molar-refractivity contribution in [2.24, 2.45) is 5.41 Å². The topological polar surface area (TPSA) is 12.0 Å². The van der Waals surface area contributed by atoms with E-state index in [-0.39, 0.29) is 0 Å². The van der Waals surface area contributed by atoms with E-state index in [9.17, 15) is 0 Å². The number of halogens is 1. The van der Waals surface area contributed by atoms with Gasteiger partial charge in [-0.05, 0) is 43.2 Å². The number of benzene rings is 1. The van der Waals surface area contributed by atoms with Crippen molar-refractivity contribution < 1.29 is 0 Å². The first-order valence-electron chi connectivity index (χ1n) is 6.48. The quantitative estimate of drug-likeness (QED) is 0.854. The van der Waals surface area contributed by atoms with Gasteiger partial charge in [-0.15, -0.1) is 0 Å². The molecule has 2 heteroatoms. The molecule has 2 unspecified atom stereocenters. The molecule has 1 fully saturated rings. The van der Waals surface area contributed by atoms with E-state index < -0.39 is 0 Å². The van der Waals surface area contributed by atoms with Crippen molar-refractivity contribution >= 4 is 15.9 Å². The van der Waals surface area contributed by atoms with Crippen LogP contribution in [-0.2, 0) is 0 Å². The summed E-state index contributed by atoms with van der Waals surface area (Å²) in [4.78, 5) is 0. The molecule has 0 spiro atoms. The highest BCUT2D eigenvalue weighted by Gasteiger charge is 2.31. The van der Waals surface area contributed by atoms with E-state index >= 15 is 0 Å². The Bertz CT molecular complexity index is 386. The lowest BCUT2D eigenvalue weighted by Crippen LogP contribution is -2.30. The van der Waals surface area contributed by atoms with E-state index in [1.54, 1.807) is 0 Å². The van der Waals surface area contributed by atoms with Crippen molar-refractivity contribution in [3.05, 3.63) is 34.3 Å². The molecule has 0 aliphatic heterocycles. The van der Waals surface area contributed by atoms with Crippen molar-refractivity contribution in [1.29, 1.82) is 0 Å². The zero-order valence-electron chi connectivity index (χ0n) is 11.0. The maximum atomic E-state index is 3.76. The van der Waals surface area contributed by atoms with Crippen LogP contribution in [-0.4, -0.2) is 6.04 Å². The molecule has 1 aliphatic carbocycles. The molecular weight excluding hydrogens is 274 g/mol. The molecule has 94 valence electrons. The van der Waals surface area contributed by atoms with E-state index in [4.69, 9.17) is 0 Å². The van der Waals surface area contributed by atoms with Crippen LogP contribution in [0.2, 0.25) is 0 Å². The molecule has 1 N–H and O–H groups in total. The van der Waals surface area contributed by atoms with Gasteiger partial charge in [0.05, 0.1) is 0 Å².